The maximum Gasteiger partial charge on any atom is 0.313 e. The predicted octanol–water partition coefficient (Wildman–Crippen LogP) is 1.93. The number of carbonyl (C=O) groups excluding carboxylic acids is 3. The molecule has 0 spiro atoms. The van der Waals surface area contributed by atoms with Crippen LogP contribution >= 0.6 is 0 Å². The predicted molar refractivity (Wildman–Crippen MR) is 112 cm³/mol. The molecule has 2 aromatic rings. The van der Waals surface area contributed by atoms with Crippen molar-refractivity contribution >= 4 is 29.1 Å². The largest absolute Gasteiger partial charge is 0.497 e. The molecule has 0 aliphatic heterocycles. The zero-order valence-corrected chi connectivity index (χ0v) is 17.0. The quantitative estimate of drug-likeness (QED) is 0.561. The highest BCUT2D eigenvalue weighted by molar-refractivity contribution is 6.39. The smallest absolute Gasteiger partial charge is 0.313 e. The molecule has 1 unspecified atom stereocenters. The third kappa shape index (κ3) is 4.96. The minimum atomic E-state index is -1.25. The van der Waals surface area contributed by atoms with E-state index >= 15 is 0 Å². The molecule has 0 aromatic heterocycles. The molecule has 158 valence electrons. The minimum absolute atomic E-state index is 0.0789. The van der Waals surface area contributed by atoms with Gasteiger partial charge in [0.05, 0.1) is 13.7 Å². The number of fused-ring (bicyclic) bond motifs is 1. The van der Waals surface area contributed by atoms with Gasteiger partial charge in [-0.05, 0) is 60.7 Å². The zero-order valence-electron chi connectivity index (χ0n) is 17.0. The molecule has 30 heavy (non-hydrogen) atoms. The third-order valence-corrected chi connectivity index (χ3v) is 5.04. The van der Waals surface area contributed by atoms with Gasteiger partial charge in [-0.15, -0.1) is 0 Å². The molecular formula is C22H25N3O5. The molecule has 0 saturated carbocycles. The Morgan fingerprint density at radius 1 is 1.07 bits per heavy atom. The number of rotatable bonds is 5. The maximum absolute atomic E-state index is 12.3. The van der Waals surface area contributed by atoms with Gasteiger partial charge in [-0.3, -0.25) is 14.4 Å². The van der Waals surface area contributed by atoms with Gasteiger partial charge in [0.1, 0.15) is 11.4 Å². The molecule has 0 radical (unpaired) electrons. The Morgan fingerprint density at radius 3 is 2.50 bits per heavy atom. The second kappa shape index (κ2) is 8.96. The first-order valence-electron chi connectivity index (χ1n) is 9.67. The summed E-state index contributed by atoms with van der Waals surface area (Å²) in [6.07, 6.45) is 2.05. The van der Waals surface area contributed by atoms with Crippen LogP contribution in [0.4, 0.5) is 11.4 Å². The van der Waals surface area contributed by atoms with Gasteiger partial charge in [0.15, 0.2) is 0 Å². The molecule has 0 fully saturated rings. The van der Waals surface area contributed by atoms with Crippen molar-refractivity contribution in [3.8, 4) is 5.75 Å². The van der Waals surface area contributed by atoms with Gasteiger partial charge in [-0.1, -0.05) is 12.1 Å². The zero-order chi connectivity index (χ0) is 21.7. The Kier molecular flexibility index (Phi) is 6.37. The fraction of sp³-hybridized carbons (Fsp3) is 0.318. The number of aliphatic hydroxyl groups is 1. The van der Waals surface area contributed by atoms with E-state index in [0.29, 0.717) is 23.5 Å². The number of hydrogen-bond donors (Lipinski definition) is 4. The fourth-order valence-electron chi connectivity index (χ4n) is 3.62. The van der Waals surface area contributed by atoms with Crippen molar-refractivity contribution in [2.24, 2.45) is 0 Å². The summed E-state index contributed by atoms with van der Waals surface area (Å²) in [4.78, 5) is 35.7. The summed E-state index contributed by atoms with van der Waals surface area (Å²) in [5.41, 5.74) is 1.33. The monoisotopic (exact) mass is 411 g/mol. The first kappa shape index (κ1) is 21.3. The fourth-order valence-corrected chi connectivity index (χ4v) is 3.62. The number of benzene rings is 2. The van der Waals surface area contributed by atoms with Crippen molar-refractivity contribution < 1.29 is 24.2 Å². The number of anilines is 2. The van der Waals surface area contributed by atoms with Crippen LogP contribution in [0.5, 0.6) is 5.75 Å². The van der Waals surface area contributed by atoms with Crippen LogP contribution < -0.4 is 20.7 Å². The number of nitrogens with one attached hydrogen (secondary N) is 3. The normalized spacial score (nSPS) is 17.4. The van der Waals surface area contributed by atoms with Gasteiger partial charge in [-0.25, -0.2) is 0 Å². The summed E-state index contributed by atoms with van der Waals surface area (Å²) in [6, 6.07) is 11.9. The molecule has 2 aromatic carbocycles. The molecule has 1 atom stereocenters. The number of amides is 3. The Morgan fingerprint density at radius 2 is 1.80 bits per heavy atom. The van der Waals surface area contributed by atoms with E-state index in [2.05, 4.69) is 16.0 Å². The topological polar surface area (TPSA) is 117 Å². The van der Waals surface area contributed by atoms with Gasteiger partial charge >= 0.3 is 11.8 Å². The van der Waals surface area contributed by atoms with Gasteiger partial charge in [0.25, 0.3) is 0 Å². The number of hydrogen-bond acceptors (Lipinski definition) is 5. The number of aryl methyl sites for hydroxylation is 1. The van der Waals surface area contributed by atoms with E-state index in [1.807, 2.05) is 6.07 Å². The van der Waals surface area contributed by atoms with E-state index in [1.165, 1.54) is 6.92 Å². The highest BCUT2D eigenvalue weighted by Crippen LogP contribution is 2.36. The number of ether oxygens (including phenoxy) is 1. The Bertz CT molecular complexity index is 975. The van der Waals surface area contributed by atoms with Crippen molar-refractivity contribution in [3.05, 3.63) is 53.6 Å². The lowest BCUT2D eigenvalue weighted by atomic mass is 9.79. The van der Waals surface area contributed by atoms with Gasteiger partial charge in [-0.2, -0.15) is 0 Å². The van der Waals surface area contributed by atoms with E-state index in [0.717, 1.165) is 24.0 Å². The van der Waals surface area contributed by atoms with Crippen molar-refractivity contribution in [1.82, 2.24) is 5.32 Å². The highest BCUT2D eigenvalue weighted by Gasteiger charge is 2.35. The van der Waals surface area contributed by atoms with E-state index in [4.69, 9.17) is 4.74 Å². The van der Waals surface area contributed by atoms with Crippen LogP contribution in [0.15, 0.2) is 42.5 Å². The van der Waals surface area contributed by atoms with Gasteiger partial charge in [0, 0.05) is 18.3 Å². The molecule has 0 bridgehead atoms. The highest BCUT2D eigenvalue weighted by atomic mass is 16.5. The molecule has 1 aliphatic carbocycles. The van der Waals surface area contributed by atoms with E-state index in [1.54, 1.807) is 43.5 Å². The van der Waals surface area contributed by atoms with Crippen LogP contribution in [0.3, 0.4) is 0 Å². The Hall–Kier alpha value is -3.39. The summed E-state index contributed by atoms with van der Waals surface area (Å²) in [5.74, 6) is -1.24. The van der Waals surface area contributed by atoms with Crippen LogP contribution in [0.25, 0.3) is 0 Å². The first-order chi connectivity index (χ1) is 14.3. The van der Waals surface area contributed by atoms with Crippen molar-refractivity contribution in [1.29, 1.82) is 0 Å². The third-order valence-electron chi connectivity index (χ3n) is 5.04. The summed E-state index contributed by atoms with van der Waals surface area (Å²) in [6.45, 7) is 1.30. The second-order valence-corrected chi connectivity index (χ2v) is 7.31. The summed E-state index contributed by atoms with van der Waals surface area (Å²) >= 11 is 0. The standard InChI is InChI=1S/C22H25N3O5/c1-14(26)24-16-6-3-7-17(12-16)25-21(28)20(27)23-13-22(29)10-4-5-15-11-18(30-2)8-9-19(15)22/h3,6-9,11-12,29H,4-5,10,13H2,1-2H3,(H,23,27)(H,24,26)(H,25,28). The van der Waals surface area contributed by atoms with Crippen LogP contribution in [0, 0.1) is 0 Å². The molecule has 4 N–H and O–H groups in total. The van der Waals surface area contributed by atoms with Crippen molar-refractivity contribution in [2.75, 3.05) is 24.3 Å². The molecule has 8 heteroatoms. The average Bonchev–Trinajstić information content (AvgIpc) is 2.71. The lowest BCUT2D eigenvalue weighted by Gasteiger charge is -2.34. The van der Waals surface area contributed by atoms with Crippen molar-refractivity contribution in [2.45, 2.75) is 31.8 Å². The van der Waals surface area contributed by atoms with E-state index in [-0.39, 0.29) is 12.5 Å². The minimum Gasteiger partial charge on any atom is -0.497 e. The van der Waals surface area contributed by atoms with Crippen LogP contribution in [-0.4, -0.2) is 36.5 Å². The molecule has 3 rings (SSSR count). The average molecular weight is 411 g/mol. The molecule has 3 amide bonds. The SMILES string of the molecule is COc1ccc2c(c1)CCCC2(O)CNC(=O)C(=O)Nc1cccc(NC(C)=O)c1. The summed E-state index contributed by atoms with van der Waals surface area (Å²) in [7, 11) is 1.58. The number of carbonyl (C=O) groups is 3. The molecule has 0 saturated heterocycles. The van der Waals surface area contributed by atoms with Crippen LogP contribution in [0.1, 0.15) is 30.9 Å². The Labute approximate surface area is 174 Å². The van der Waals surface area contributed by atoms with Gasteiger partial charge < -0.3 is 25.8 Å². The van der Waals surface area contributed by atoms with Crippen LogP contribution in [0.2, 0.25) is 0 Å². The number of methoxy groups -OCH3 is 1. The lowest BCUT2D eigenvalue weighted by molar-refractivity contribution is -0.137. The first-order valence-corrected chi connectivity index (χ1v) is 9.67. The van der Waals surface area contributed by atoms with Crippen LogP contribution in [-0.2, 0) is 26.4 Å². The lowest BCUT2D eigenvalue weighted by Crippen LogP contribution is -2.46. The van der Waals surface area contributed by atoms with E-state index < -0.39 is 17.4 Å². The summed E-state index contributed by atoms with van der Waals surface area (Å²) in [5, 5.41) is 18.7. The molecule has 0 heterocycles. The molecule has 1 aliphatic rings. The van der Waals surface area contributed by atoms with Gasteiger partial charge in [0.2, 0.25) is 5.91 Å². The second-order valence-electron chi connectivity index (χ2n) is 7.31. The van der Waals surface area contributed by atoms with E-state index in [9.17, 15) is 19.5 Å². The Balaban J connectivity index is 1.63. The maximum atomic E-state index is 12.3. The molecular weight excluding hydrogens is 386 g/mol. The summed E-state index contributed by atoms with van der Waals surface area (Å²) < 4.78 is 5.24. The molecule has 8 nitrogen and oxygen atoms in total. The van der Waals surface area contributed by atoms with Crippen molar-refractivity contribution in [3.63, 3.8) is 0 Å².